The van der Waals surface area contributed by atoms with E-state index >= 15 is 0 Å². The van der Waals surface area contributed by atoms with Crippen LogP contribution >= 0.6 is 0 Å². The molecule has 2 aromatic rings. The highest BCUT2D eigenvalue weighted by atomic mass is 32.2. The van der Waals surface area contributed by atoms with Gasteiger partial charge in [-0.3, -0.25) is 14.3 Å². The van der Waals surface area contributed by atoms with Gasteiger partial charge in [-0.2, -0.15) is 0 Å². The largest absolute Gasteiger partial charge is 0.366 e. The lowest BCUT2D eigenvalue weighted by Crippen LogP contribution is -2.33. The highest BCUT2D eigenvalue weighted by Gasteiger charge is 2.32. The number of amides is 2. The molecule has 0 radical (unpaired) electrons. The Balaban J connectivity index is 1.67. The second-order valence-electron chi connectivity index (χ2n) is 6.43. The van der Waals surface area contributed by atoms with Gasteiger partial charge in [-0.1, -0.05) is 0 Å². The standard InChI is InChI=1S/C18H17N3O4S/c19-18(23)11-1-4-14(5-2-11)20-26(24,25)15-9-12-3-6-16(22)21-8-7-13(10-15)17(12)21/h1-2,4-5,9-10,20H,3,6-8H2,(H2,19,23). The third-order valence-electron chi connectivity index (χ3n) is 4.76. The summed E-state index contributed by atoms with van der Waals surface area (Å²) >= 11 is 0. The minimum absolute atomic E-state index is 0.0968. The van der Waals surface area contributed by atoms with Gasteiger partial charge in [-0.25, -0.2) is 8.42 Å². The van der Waals surface area contributed by atoms with Crippen LogP contribution in [0.4, 0.5) is 11.4 Å². The molecule has 0 aliphatic carbocycles. The molecule has 8 heteroatoms. The van der Waals surface area contributed by atoms with Gasteiger partial charge in [0.25, 0.3) is 10.0 Å². The number of rotatable bonds is 4. The molecule has 4 rings (SSSR count). The van der Waals surface area contributed by atoms with Crippen molar-refractivity contribution in [1.29, 1.82) is 0 Å². The molecule has 0 aromatic heterocycles. The molecule has 134 valence electrons. The van der Waals surface area contributed by atoms with E-state index < -0.39 is 15.9 Å². The molecular formula is C18H17N3O4S. The molecule has 7 nitrogen and oxygen atoms in total. The molecule has 0 saturated carbocycles. The molecule has 2 aliphatic heterocycles. The summed E-state index contributed by atoms with van der Waals surface area (Å²) in [6, 6.07) is 9.21. The minimum Gasteiger partial charge on any atom is -0.366 e. The van der Waals surface area contributed by atoms with Gasteiger partial charge in [0.2, 0.25) is 11.8 Å². The second kappa shape index (κ2) is 5.84. The van der Waals surface area contributed by atoms with Crippen molar-refractivity contribution in [3.05, 3.63) is 53.1 Å². The van der Waals surface area contributed by atoms with Gasteiger partial charge in [0.05, 0.1) is 10.6 Å². The summed E-state index contributed by atoms with van der Waals surface area (Å²) in [5, 5.41) is 0. The van der Waals surface area contributed by atoms with E-state index in [4.69, 9.17) is 5.73 Å². The van der Waals surface area contributed by atoms with Crippen LogP contribution in [-0.2, 0) is 27.7 Å². The lowest BCUT2D eigenvalue weighted by molar-refractivity contribution is -0.118. The monoisotopic (exact) mass is 371 g/mol. The van der Waals surface area contributed by atoms with Crippen LogP contribution in [0, 0.1) is 0 Å². The fourth-order valence-corrected chi connectivity index (χ4v) is 4.66. The molecule has 0 atom stereocenters. The lowest BCUT2D eigenvalue weighted by Gasteiger charge is -2.25. The number of nitrogens with zero attached hydrogens (tertiary/aromatic N) is 1. The predicted molar refractivity (Wildman–Crippen MR) is 96.6 cm³/mol. The molecule has 0 bridgehead atoms. The van der Waals surface area contributed by atoms with Crippen molar-refractivity contribution in [2.45, 2.75) is 24.2 Å². The molecule has 26 heavy (non-hydrogen) atoms. The number of hydrogen-bond donors (Lipinski definition) is 2. The summed E-state index contributed by atoms with van der Waals surface area (Å²) in [4.78, 5) is 25.0. The lowest BCUT2D eigenvalue weighted by atomic mass is 10.00. The molecule has 0 fully saturated rings. The SMILES string of the molecule is NC(=O)c1ccc(NS(=O)(=O)c2cc3c4c(c2)CCN4C(=O)CC3)cc1. The van der Waals surface area contributed by atoms with Crippen molar-refractivity contribution in [2.24, 2.45) is 5.73 Å². The van der Waals surface area contributed by atoms with Gasteiger partial charge in [0, 0.05) is 24.2 Å². The van der Waals surface area contributed by atoms with Gasteiger partial charge in [0.15, 0.2) is 0 Å². The zero-order valence-electron chi connectivity index (χ0n) is 13.9. The van der Waals surface area contributed by atoms with E-state index in [1.807, 2.05) is 0 Å². The highest BCUT2D eigenvalue weighted by molar-refractivity contribution is 7.92. The molecule has 2 aromatic carbocycles. The Morgan fingerprint density at radius 2 is 1.69 bits per heavy atom. The molecule has 2 heterocycles. The van der Waals surface area contributed by atoms with E-state index in [0.717, 1.165) is 16.8 Å². The Labute approximate surface area is 150 Å². The van der Waals surface area contributed by atoms with Gasteiger partial charge in [-0.05, 0) is 60.4 Å². The maximum Gasteiger partial charge on any atom is 0.261 e. The summed E-state index contributed by atoms with van der Waals surface area (Å²) in [5.74, 6) is -0.476. The normalized spacial score (nSPS) is 15.7. The molecule has 0 spiro atoms. The second-order valence-corrected chi connectivity index (χ2v) is 8.12. The van der Waals surface area contributed by atoms with Gasteiger partial charge < -0.3 is 10.6 Å². The summed E-state index contributed by atoms with van der Waals surface area (Å²) < 4.78 is 28.1. The van der Waals surface area contributed by atoms with Gasteiger partial charge in [-0.15, -0.1) is 0 Å². The van der Waals surface area contributed by atoms with Gasteiger partial charge >= 0.3 is 0 Å². The Bertz CT molecular complexity index is 1030. The number of carbonyl (C=O) groups is 2. The van der Waals surface area contributed by atoms with Crippen LogP contribution in [0.3, 0.4) is 0 Å². The van der Waals surface area contributed by atoms with E-state index in [0.29, 0.717) is 37.1 Å². The Hall–Kier alpha value is -2.87. The first-order chi connectivity index (χ1) is 12.3. The number of primary amides is 1. The number of sulfonamides is 1. The number of hydrogen-bond acceptors (Lipinski definition) is 4. The third-order valence-corrected chi connectivity index (χ3v) is 6.12. The average Bonchev–Trinajstić information content (AvgIpc) is 3.04. The van der Waals surface area contributed by atoms with Crippen LogP contribution in [0.2, 0.25) is 0 Å². The van der Waals surface area contributed by atoms with E-state index in [1.54, 1.807) is 17.0 Å². The number of carbonyl (C=O) groups excluding carboxylic acids is 2. The number of nitrogens with two attached hydrogens (primary N) is 1. The first kappa shape index (κ1) is 16.6. The van der Waals surface area contributed by atoms with Crippen LogP contribution in [0.15, 0.2) is 41.3 Å². The number of nitrogens with one attached hydrogen (secondary N) is 1. The van der Waals surface area contributed by atoms with E-state index in [9.17, 15) is 18.0 Å². The quantitative estimate of drug-likeness (QED) is 0.847. The summed E-state index contributed by atoms with van der Waals surface area (Å²) in [6.07, 6.45) is 1.61. The zero-order valence-corrected chi connectivity index (χ0v) is 14.7. The topological polar surface area (TPSA) is 110 Å². The molecular weight excluding hydrogens is 354 g/mol. The Kier molecular flexibility index (Phi) is 3.73. The van der Waals surface area contributed by atoms with Crippen molar-refractivity contribution in [2.75, 3.05) is 16.2 Å². The Morgan fingerprint density at radius 1 is 1.04 bits per heavy atom. The van der Waals surface area contributed by atoms with Crippen molar-refractivity contribution in [1.82, 2.24) is 0 Å². The maximum absolute atomic E-state index is 12.8. The molecule has 2 aliphatic rings. The third kappa shape index (κ3) is 2.72. The number of benzene rings is 2. The first-order valence-corrected chi connectivity index (χ1v) is 9.72. The molecule has 3 N–H and O–H groups in total. The maximum atomic E-state index is 12.8. The Morgan fingerprint density at radius 3 is 2.35 bits per heavy atom. The van der Waals surface area contributed by atoms with Crippen molar-refractivity contribution < 1.29 is 18.0 Å². The van der Waals surface area contributed by atoms with Crippen LogP contribution in [-0.4, -0.2) is 26.8 Å². The van der Waals surface area contributed by atoms with E-state index in [1.165, 1.54) is 24.3 Å². The fourth-order valence-electron chi connectivity index (χ4n) is 3.50. The van der Waals surface area contributed by atoms with Crippen molar-refractivity contribution in [3.63, 3.8) is 0 Å². The summed E-state index contributed by atoms with van der Waals surface area (Å²) in [6.45, 7) is 0.604. The van der Waals surface area contributed by atoms with Crippen molar-refractivity contribution in [3.8, 4) is 0 Å². The molecule has 0 unspecified atom stereocenters. The van der Waals surface area contributed by atoms with Crippen LogP contribution in [0.5, 0.6) is 0 Å². The summed E-state index contributed by atoms with van der Waals surface area (Å²) in [7, 11) is -3.78. The predicted octanol–water partition coefficient (Wildman–Crippen LogP) is 1.42. The smallest absolute Gasteiger partial charge is 0.261 e. The zero-order chi connectivity index (χ0) is 18.5. The first-order valence-electron chi connectivity index (χ1n) is 8.24. The van der Waals surface area contributed by atoms with Crippen LogP contribution in [0.1, 0.15) is 27.9 Å². The highest BCUT2D eigenvalue weighted by Crippen LogP contribution is 2.38. The number of aryl methyl sites for hydroxylation is 1. The van der Waals surface area contributed by atoms with Crippen molar-refractivity contribution >= 4 is 33.2 Å². The van der Waals surface area contributed by atoms with Crippen LogP contribution < -0.4 is 15.4 Å². The minimum atomic E-state index is -3.78. The molecule has 0 saturated heterocycles. The number of anilines is 2. The van der Waals surface area contributed by atoms with E-state index in [2.05, 4.69) is 4.72 Å². The summed E-state index contributed by atoms with van der Waals surface area (Å²) in [5.41, 5.74) is 8.50. The van der Waals surface area contributed by atoms with E-state index in [-0.39, 0.29) is 10.8 Å². The van der Waals surface area contributed by atoms with Gasteiger partial charge in [0.1, 0.15) is 0 Å². The average molecular weight is 371 g/mol. The van der Waals surface area contributed by atoms with Crippen LogP contribution in [0.25, 0.3) is 0 Å². The fraction of sp³-hybridized carbons (Fsp3) is 0.222. The molecule has 2 amide bonds.